The molecule has 0 saturated heterocycles. The Morgan fingerprint density at radius 1 is 1.16 bits per heavy atom. The lowest BCUT2D eigenvalue weighted by atomic mass is 10.2. The normalized spacial score (nSPS) is 12.2. The van der Waals surface area contributed by atoms with Gasteiger partial charge >= 0.3 is 0 Å². The molecule has 6 heteroatoms. The fourth-order valence-electron chi connectivity index (χ4n) is 2.51. The highest BCUT2D eigenvalue weighted by Gasteiger charge is 2.17. The number of hydrogen-bond acceptors (Lipinski definition) is 4. The summed E-state index contributed by atoms with van der Waals surface area (Å²) in [5.74, 6) is 2.38. The highest BCUT2D eigenvalue weighted by molar-refractivity contribution is 7.98. The van der Waals surface area contributed by atoms with Crippen molar-refractivity contribution in [3.8, 4) is 5.75 Å². The molecule has 0 aliphatic carbocycles. The standard InChI is InChI=1S/C19H20ClN3OS/c1-13-7-6-9-16(11-13)24-14(2)18-21-22-19(23(18)3)25-12-15-8-4-5-10-17(15)20/h4-11,14H,12H2,1-3H3. The summed E-state index contributed by atoms with van der Waals surface area (Å²) in [4.78, 5) is 0. The van der Waals surface area contributed by atoms with Gasteiger partial charge < -0.3 is 9.30 Å². The summed E-state index contributed by atoms with van der Waals surface area (Å²) in [5, 5.41) is 10.2. The molecule has 1 heterocycles. The van der Waals surface area contributed by atoms with E-state index in [0.29, 0.717) is 0 Å². The van der Waals surface area contributed by atoms with Crippen molar-refractivity contribution in [2.24, 2.45) is 7.05 Å². The van der Waals surface area contributed by atoms with Crippen LogP contribution >= 0.6 is 23.4 Å². The van der Waals surface area contributed by atoms with Crippen LogP contribution in [-0.2, 0) is 12.8 Å². The van der Waals surface area contributed by atoms with Crippen LogP contribution in [0.3, 0.4) is 0 Å². The zero-order valence-electron chi connectivity index (χ0n) is 14.4. The summed E-state index contributed by atoms with van der Waals surface area (Å²) in [7, 11) is 1.96. The van der Waals surface area contributed by atoms with Crippen LogP contribution in [0.25, 0.3) is 0 Å². The van der Waals surface area contributed by atoms with Gasteiger partial charge in [-0.15, -0.1) is 10.2 Å². The maximum Gasteiger partial charge on any atom is 0.191 e. The van der Waals surface area contributed by atoms with Gasteiger partial charge in [-0.2, -0.15) is 0 Å². The van der Waals surface area contributed by atoms with Crippen LogP contribution in [0.1, 0.15) is 30.0 Å². The van der Waals surface area contributed by atoms with E-state index >= 15 is 0 Å². The number of hydrogen-bond donors (Lipinski definition) is 0. The summed E-state index contributed by atoms with van der Waals surface area (Å²) in [6.07, 6.45) is -0.186. The number of aromatic nitrogens is 3. The lowest BCUT2D eigenvalue weighted by Gasteiger charge is -2.14. The van der Waals surface area contributed by atoms with Crippen molar-refractivity contribution in [2.45, 2.75) is 30.9 Å². The van der Waals surface area contributed by atoms with Crippen LogP contribution in [0.4, 0.5) is 0 Å². The van der Waals surface area contributed by atoms with E-state index in [-0.39, 0.29) is 6.10 Å². The minimum absolute atomic E-state index is 0.186. The van der Waals surface area contributed by atoms with E-state index in [1.54, 1.807) is 11.8 Å². The minimum atomic E-state index is -0.186. The summed E-state index contributed by atoms with van der Waals surface area (Å²) in [6, 6.07) is 15.8. The maximum absolute atomic E-state index is 6.21. The third-order valence-corrected chi connectivity index (χ3v) is 5.29. The van der Waals surface area contributed by atoms with E-state index in [9.17, 15) is 0 Å². The van der Waals surface area contributed by atoms with Crippen molar-refractivity contribution in [3.05, 3.63) is 70.5 Å². The molecule has 0 saturated carbocycles. The van der Waals surface area contributed by atoms with Gasteiger partial charge in [-0.3, -0.25) is 0 Å². The fraction of sp³-hybridized carbons (Fsp3) is 0.263. The Kier molecular flexibility index (Phi) is 5.66. The molecule has 0 radical (unpaired) electrons. The SMILES string of the molecule is Cc1cccc(OC(C)c2nnc(SCc3ccccc3Cl)n2C)c1. The third-order valence-electron chi connectivity index (χ3n) is 3.85. The zero-order chi connectivity index (χ0) is 17.8. The second-order valence-electron chi connectivity index (χ2n) is 5.86. The van der Waals surface area contributed by atoms with E-state index in [1.807, 2.05) is 74.0 Å². The minimum Gasteiger partial charge on any atom is -0.483 e. The van der Waals surface area contributed by atoms with Gasteiger partial charge in [0.25, 0.3) is 0 Å². The number of aryl methyl sites for hydroxylation is 1. The first kappa shape index (κ1) is 17.8. The van der Waals surface area contributed by atoms with Crippen molar-refractivity contribution in [3.63, 3.8) is 0 Å². The Hall–Kier alpha value is -1.98. The van der Waals surface area contributed by atoms with Crippen LogP contribution in [0, 0.1) is 6.92 Å². The van der Waals surface area contributed by atoms with Gasteiger partial charge in [-0.1, -0.05) is 53.7 Å². The molecule has 0 aliphatic rings. The number of thioether (sulfide) groups is 1. The monoisotopic (exact) mass is 373 g/mol. The average molecular weight is 374 g/mol. The zero-order valence-corrected chi connectivity index (χ0v) is 16.0. The van der Waals surface area contributed by atoms with Crippen molar-refractivity contribution in [1.29, 1.82) is 0 Å². The van der Waals surface area contributed by atoms with Crippen molar-refractivity contribution >= 4 is 23.4 Å². The van der Waals surface area contributed by atoms with E-state index in [2.05, 4.69) is 10.2 Å². The number of halogens is 1. The van der Waals surface area contributed by atoms with Crippen LogP contribution in [0.5, 0.6) is 5.75 Å². The molecule has 1 aromatic heterocycles. The summed E-state index contributed by atoms with van der Waals surface area (Å²) >= 11 is 7.82. The van der Waals surface area contributed by atoms with Crippen LogP contribution in [-0.4, -0.2) is 14.8 Å². The van der Waals surface area contributed by atoms with Gasteiger partial charge in [0, 0.05) is 17.8 Å². The first-order chi connectivity index (χ1) is 12.0. The fourth-order valence-corrected chi connectivity index (χ4v) is 3.71. The lowest BCUT2D eigenvalue weighted by molar-refractivity contribution is 0.211. The molecule has 130 valence electrons. The molecule has 0 amide bonds. The molecule has 2 aromatic carbocycles. The highest BCUT2D eigenvalue weighted by atomic mass is 35.5. The largest absolute Gasteiger partial charge is 0.483 e. The third kappa shape index (κ3) is 4.35. The van der Waals surface area contributed by atoms with E-state index in [4.69, 9.17) is 16.3 Å². The van der Waals surface area contributed by atoms with Gasteiger partial charge in [-0.25, -0.2) is 0 Å². The second kappa shape index (κ2) is 7.93. The Labute approximate surface area is 157 Å². The molecular weight excluding hydrogens is 354 g/mol. The number of benzene rings is 2. The quantitative estimate of drug-likeness (QED) is 0.556. The Morgan fingerprint density at radius 2 is 1.96 bits per heavy atom. The Bertz CT molecular complexity index is 865. The Balaban J connectivity index is 1.69. The average Bonchev–Trinajstić information content (AvgIpc) is 2.95. The number of nitrogens with zero attached hydrogens (tertiary/aromatic N) is 3. The predicted octanol–water partition coefficient (Wildman–Crippen LogP) is 5.21. The number of rotatable bonds is 6. The van der Waals surface area contributed by atoms with Crippen molar-refractivity contribution < 1.29 is 4.74 Å². The highest BCUT2D eigenvalue weighted by Crippen LogP contribution is 2.27. The summed E-state index contributed by atoms with van der Waals surface area (Å²) < 4.78 is 7.98. The van der Waals surface area contributed by atoms with E-state index < -0.39 is 0 Å². The van der Waals surface area contributed by atoms with Crippen LogP contribution in [0.2, 0.25) is 5.02 Å². The molecule has 4 nitrogen and oxygen atoms in total. The molecule has 3 rings (SSSR count). The van der Waals surface area contributed by atoms with Gasteiger partial charge in [-0.05, 0) is 43.2 Å². The second-order valence-corrected chi connectivity index (χ2v) is 7.21. The molecule has 0 spiro atoms. The molecule has 3 aromatic rings. The molecule has 0 aliphatic heterocycles. The topological polar surface area (TPSA) is 39.9 Å². The molecule has 0 fully saturated rings. The van der Waals surface area contributed by atoms with Gasteiger partial charge in [0.15, 0.2) is 17.1 Å². The van der Waals surface area contributed by atoms with E-state index in [0.717, 1.165) is 33.1 Å². The lowest BCUT2D eigenvalue weighted by Crippen LogP contribution is -2.10. The first-order valence-electron chi connectivity index (χ1n) is 8.03. The van der Waals surface area contributed by atoms with Gasteiger partial charge in [0.1, 0.15) is 5.75 Å². The van der Waals surface area contributed by atoms with Gasteiger partial charge in [0.2, 0.25) is 0 Å². The molecule has 0 bridgehead atoms. The summed E-state index contributed by atoms with van der Waals surface area (Å²) in [6.45, 7) is 4.03. The van der Waals surface area contributed by atoms with Gasteiger partial charge in [0.05, 0.1) is 0 Å². The molecule has 1 unspecified atom stereocenters. The van der Waals surface area contributed by atoms with Crippen molar-refractivity contribution in [2.75, 3.05) is 0 Å². The van der Waals surface area contributed by atoms with Crippen LogP contribution in [0.15, 0.2) is 53.7 Å². The first-order valence-corrected chi connectivity index (χ1v) is 9.40. The van der Waals surface area contributed by atoms with Crippen LogP contribution < -0.4 is 4.74 Å². The molecule has 25 heavy (non-hydrogen) atoms. The predicted molar refractivity (Wildman–Crippen MR) is 102 cm³/mol. The molecule has 1 atom stereocenters. The number of ether oxygens (including phenoxy) is 1. The maximum atomic E-state index is 6.21. The summed E-state index contributed by atoms with van der Waals surface area (Å²) in [5.41, 5.74) is 2.25. The smallest absolute Gasteiger partial charge is 0.191 e. The molecular formula is C19H20ClN3OS. The Morgan fingerprint density at radius 3 is 2.72 bits per heavy atom. The van der Waals surface area contributed by atoms with Crippen molar-refractivity contribution in [1.82, 2.24) is 14.8 Å². The molecule has 0 N–H and O–H groups in total. The van der Waals surface area contributed by atoms with E-state index in [1.165, 1.54) is 5.56 Å².